The number of benzene rings is 1. The Morgan fingerprint density at radius 3 is 2.28 bits per heavy atom. The molecule has 0 saturated carbocycles. The molecule has 0 unspecified atom stereocenters. The number of carbonyl (C=O) groups is 3. The fourth-order valence-corrected chi connectivity index (χ4v) is 4.18. The predicted molar refractivity (Wildman–Crippen MR) is 115 cm³/mol. The zero-order valence-electron chi connectivity index (χ0n) is 16.9. The van der Waals surface area contributed by atoms with Gasteiger partial charge in [0.1, 0.15) is 0 Å². The fourth-order valence-electron chi connectivity index (χ4n) is 3.49. The molecule has 1 saturated heterocycles. The number of ketones is 1. The molecule has 2 heterocycles. The van der Waals surface area contributed by atoms with Crippen LogP contribution in [0.4, 0.5) is 5.69 Å². The second-order valence-electron chi connectivity index (χ2n) is 7.37. The normalized spacial score (nSPS) is 14.6. The molecule has 154 valence electrons. The van der Waals surface area contributed by atoms with E-state index in [1.165, 1.54) is 11.3 Å². The Morgan fingerprint density at radius 1 is 0.966 bits per heavy atom. The average Bonchev–Trinajstić information content (AvgIpc) is 3.24. The number of carbonyl (C=O) groups excluding carboxylic acids is 3. The molecule has 1 aromatic carbocycles. The molecule has 2 amide bonds. The van der Waals surface area contributed by atoms with E-state index in [2.05, 4.69) is 10.2 Å². The van der Waals surface area contributed by atoms with Gasteiger partial charge in [0.2, 0.25) is 11.8 Å². The molecule has 0 radical (unpaired) electrons. The fraction of sp³-hybridized carbons (Fsp3) is 0.409. The van der Waals surface area contributed by atoms with Gasteiger partial charge in [-0.2, -0.15) is 0 Å². The maximum atomic E-state index is 12.4. The summed E-state index contributed by atoms with van der Waals surface area (Å²) in [5, 5.41) is 4.87. The Kier molecular flexibility index (Phi) is 7.17. The number of para-hydroxylation sites is 1. The molecule has 0 aliphatic carbocycles. The van der Waals surface area contributed by atoms with E-state index in [0.717, 1.165) is 16.8 Å². The molecule has 1 aromatic heterocycles. The van der Waals surface area contributed by atoms with Gasteiger partial charge in [0.25, 0.3) is 0 Å². The van der Waals surface area contributed by atoms with Gasteiger partial charge >= 0.3 is 0 Å². The number of hydrogen-bond acceptors (Lipinski definition) is 5. The highest BCUT2D eigenvalue weighted by molar-refractivity contribution is 7.12. The van der Waals surface area contributed by atoms with Crippen molar-refractivity contribution in [1.29, 1.82) is 0 Å². The SMILES string of the molecule is Cc1cccc(C)c1NC(=O)CN1CCN(C(=O)CCC(=O)c2cccs2)CC1. The van der Waals surface area contributed by atoms with Crippen LogP contribution in [0.5, 0.6) is 0 Å². The summed E-state index contributed by atoms with van der Waals surface area (Å²) in [5.74, 6) is -0.00609. The molecule has 1 N–H and O–H groups in total. The van der Waals surface area contributed by atoms with Crippen LogP contribution in [-0.2, 0) is 9.59 Å². The Hall–Kier alpha value is -2.51. The van der Waals surface area contributed by atoms with Gasteiger partial charge in [-0.25, -0.2) is 0 Å². The summed E-state index contributed by atoms with van der Waals surface area (Å²) in [7, 11) is 0. The number of thiophene rings is 1. The number of hydrogen-bond donors (Lipinski definition) is 1. The van der Waals surface area contributed by atoms with Crippen LogP contribution < -0.4 is 5.32 Å². The summed E-state index contributed by atoms with van der Waals surface area (Å²) in [4.78, 5) is 41.4. The molecule has 29 heavy (non-hydrogen) atoms. The monoisotopic (exact) mass is 413 g/mol. The zero-order chi connectivity index (χ0) is 20.8. The molecule has 1 aliphatic heterocycles. The number of Topliss-reactive ketones (excluding diaryl/α,β-unsaturated/α-hetero) is 1. The van der Waals surface area contributed by atoms with Crippen molar-refractivity contribution < 1.29 is 14.4 Å². The van der Waals surface area contributed by atoms with E-state index in [9.17, 15) is 14.4 Å². The Morgan fingerprint density at radius 2 is 1.66 bits per heavy atom. The highest BCUT2D eigenvalue weighted by Gasteiger charge is 2.23. The largest absolute Gasteiger partial charge is 0.340 e. The predicted octanol–water partition coefficient (Wildman–Crippen LogP) is 3.11. The molecule has 1 aliphatic rings. The van der Waals surface area contributed by atoms with E-state index < -0.39 is 0 Å². The summed E-state index contributed by atoms with van der Waals surface area (Å²) >= 11 is 1.41. The average molecular weight is 414 g/mol. The first-order valence-corrected chi connectivity index (χ1v) is 10.7. The minimum absolute atomic E-state index is 0.00884. The lowest BCUT2D eigenvalue weighted by molar-refractivity contribution is -0.133. The van der Waals surface area contributed by atoms with Gasteiger partial charge in [0.15, 0.2) is 5.78 Å². The second kappa shape index (κ2) is 9.80. The zero-order valence-corrected chi connectivity index (χ0v) is 17.8. The first-order chi connectivity index (χ1) is 13.9. The first-order valence-electron chi connectivity index (χ1n) is 9.87. The van der Waals surface area contributed by atoms with Crippen LogP contribution in [0, 0.1) is 13.8 Å². The van der Waals surface area contributed by atoms with E-state index in [-0.39, 0.29) is 30.4 Å². The molecule has 0 atom stereocenters. The second-order valence-corrected chi connectivity index (χ2v) is 8.32. The Labute approximate surface area is 175 Å². The van der Waals surface area contributed by atoms with Crippen LogP contribution in [0.2, 0.25) is 0 Å². The molecule has 1 fully saturated rings. The van der Waals surface area contributed by atoms with Gasteiger partial charge in [-0.3, -0.25) is 19.3 Å². The molecule has 3 rings (SSSR count). The molecule has 0 bridgehead atoms. The highest BCUT2D eigenvalue weighted by Crippen LogP contribution is 2.19. The van der Waals surface area contributed by atoms with Crippen LogP contribution in [0.25, 0.3) is 0 Å². The maximum Gasteiger partial charge on any atom is 0.238 e. The van der Waals surface area contributed by atoms with Crippen molar-refractivity contribution in [2.75, 3.05) is 38.0 Å². The summed E-state index contributed by atoms with van der Waals surface area (Å²) in [6, 6.07) is 9.58. The minimum Gasteiger partial charge on any atom is -0.340 e. The van der Waals surface area contributed by atoms with Crippen molar-refractivity contribution in [3.05, 3.63) is 51.7 Å². The Bertz CT molecular complexity index is 851. The van der Waals surface area contributed by atoms with Gasteiger partial charge in [-0.05, 0) is 36.4 Å². The minimum atomic E-state index is -0.0382. The topological polar surface area (TPSA) is 69.7 Å². The number of rotatable bonds is 7. The number of amides is 2. The van der Waals surface area contributed by atoms with Crippen molar-refractivity contribution >= 4 is 34.6 Å². The van der Waals surface area contributed by atoms with Crippen molar-refractivity contribution in [1.82, 2.24) is 9.80 Å². The van der Waals surface area contributed by atoms with E-state index in [0.29, 0.717) is 37.6 Å². The number of piperazine rings is 1. The summed E-state index contributed by atoms with van der Waals surface area (Å²) in [6.45, 7) is 6.76. The third kappa shape index (κ3) is 5.74. The van der Waals surface area contributed by atoms with Crippen molar-refractivity contribution in [3.63, 3.8) is 0 Å². The quantitative estimate of drug-likeness (QED) is 0.708. The lowest BCUT2D eigenvalue weighted by Gasteiger charge is -2.34. The summed E-state index contributed by atoms with van der Waals surface area (Å²) in [5.41, 5.74) is 2.97. The molecule has 2 aromatic rings. The van der Waals surface area contributed by atoms with E-state index in [4.69, 9.17) is 0 Å². The lowest BCUT2D eigenvalue weighted by atomic mass is 10.1. The van der Waals surface area contributed by atoms with Gasteiger partial charge in [0.05, 0.1) is 11.4 Å². The van der Waals surface area contributed by atoms with Crippen LogP contribution in [-0.4, -0.2) is 60.1 Å². The van der Waals surface area contributed by atoms with Crippen LogP contribution in [0.1, 0.15) is 33.6 Å². The van der Waals surface area contributed by atoms with Crippen LogP contribution >= 0.6 is 11.3 Å². The van der Waals surface area contributed by atoms with E-state index in [1.807, 2.05) is 43.5 Å². The van der Waals surface area contributed by atoms with Crippen molar-refractivity contribution in [2.24, 2.45) is 0 Å². The number of anilines is 1. The lowest BCUT2D eigenvalue weighted by Crippen LogP contribution is -2.50. The smallest absolute Gasteiger partial charge is 0.238 e. The van der Waals surface area contributed by atoms with Gasteiger partial charge in [-0.15, -0.1) is 11.3 Å². The molecule has 7 heteroatoms. The van der Waals surface area contributed by atoms with Gasteiger partial charge in [-0.1, -0.05) is 24.3 Å². The van der Waals surface area contributed by atoms with Crippen LogP contribution in [0.15, 0.2) is 35.7 Å². The summed E-state index contributed by atoms with van der Waals surface area (Å²) < 4.78 is 0. The van der Waals surface area contributed by atoms with Crippen LogP contribution in [0.3, 0.4) is 0 Å². The number of aryl methyl sites for hydroxylation is 2. The number of nitrogens with one attached hydrogen (secondary N) is 1. The third-order valence-electron chi connectivity index (χ3n) is 5.20. The molecule has 0 spiro atoms. The van der Waals surface area contributed by atoms with Gasteiger partial charge in [0, 0.05) is 44.7 Å². The van der Waals surface area contributed by atoms with E-state index >= 15 is 0 Å². The summed E-state index contributed by atoms with van der Waals surface area (Å²) in [6.07, 6.45) is 0.488. The molecule has 6 nitrogen and oxygen atoms in total. The van der Waals surface area contributed by atoms with Crippen molar-refractivity contribution in [3.8, 4) is 0 Å². The van der Waals surface area contributed by atoms with E-state index in [1.54, 1.807) is 11.0 Å². The molecular weight excluding hydrogens is 386 g/mol. The van der Waals surface area contributed by atoms with Gasteiger partial charge < -0.3 is 10.2 Å². The standard InChI is InChI=1S/C22H27N3O3S/c1-16-5-3-6-17(2)22(16)23-20(27)15-24-10-12-25(13-11-24)21(28)9-8-18(26)19-7-4-14-29-19/h3-7,14H,8-13,15H2,1-2H3,(H,23,27). The Balaban J connectivity index is 1.41. The maximum absolute atomic E-state index is 12.4. The first kappa shape index (κ1) is 21.2. The number of nitrogens with zero attached hydrogens (tertiary/aromatic N) is 2. The highest BCUT2D eigenvalue weighted by atomic mass is 32.1. The third-order valence-corrected chi connectivity index (χ3v) is 6.11. The van der Waals surface area contributed by atoms with Crippen molar-refractivity contribution in [2.45, 2.75) is 26.7 Å². The molecular formula is C22H27N3O3S.